The van der Waals surface area contributed by atoms with Gasteiger partial charge in [0.05, 0.1) is 0 Å². The second-order valence-electron chi connectivity index (χ2n) is 5.13. The molecule has 0 rings (SSSR count). The molecule has 0 saturated heterocycles. The molecule has 176 valence electrons. The van der Waals surface area contributed by atoms with E-state index in [-0.39, 0.29) is 0 Å². The van der Waals surface area contributed by atoms with E-state index in [1.807, 2.05) is 0 Å². The summed E-state index contributed by atoms with van der Waals surface area (Å²) in [4.78, 5) is 48.6. The highest BCUT2D eigenvalue weighted by Crippen LogP contribution is 2.32. The van der Waals surface area contributed by atoms with Crippen molar-refractivity contribution in [2.24, 2.45) is 0 Å². The minimum absolute atomic E-state index is 2.25. The van der Waals surface area contributed by atoms with Crippen LogP contribution < -0.4 is 0 Å². The number of alkyl halides is 3. The lowest BCUT2D eigenvalue weighted by molar-refractivity contribution is -0.868. The van der Waals surface area contributed by atoms with E-state index in [4.69, 9.17) is 0 Å². The van der Waals surface area contributed by atoms with Crippen LogP contribution in [-0.4, -0.2) is 78.0 Å². The average molecular weight is 472 g/mol. The topological polar surface area (TPSA) is 298 Å². The second-order valence-corrected chi connectivity index (χ2v) is 5.13. The number of nitro groups is 6. The highest BCUT2D eigenvalue weighted by Gasteiger charge is 2.79. The maximum atomic E-state index is 14.3. The Bertz CT molecular complexity index is 766. The zero-order chi connectivity index (χ0) is 25.0. The third kappa shape index (κ3) is 4.80. The van der Waals surface area contributed by atoms with Crippen molar-refractivity contribution in [3.05, 3.63) is 60.7 Å². The molecule has 0 aromatic rings. The van der Waals surface area contributed by atoms with Crippen LogP contribution in [-0.2, 0) is 9.47 Å². The number of aliphatic hydroxyl groups is 1. The van der Waals surface area contributed by atoms with Gasteiger partial charge in [-0.2, -0.15) is 0 Å². The van der Waals surface area contributed by atoms with Crippen molar-refractivity contribution in [3.63, 3.8) is 0 Å². The maximum absolute atomic E-state index is 14.3. The lowest BCUT2D eigenvalue weighted by atomic mass is 10.2. The van der Waals surface area contributed by atoms with Crippen LogP contribution in [0.15, 0.2) is 0 Å². The van der Waals surface area contributed by atoms with Crippen LogP contribution in [0.25, 0.3) is 0 Å². The van der Waals surface area contributed by atoms with Crippen molar-refractivity contribution < 1.29 is 57.3 Å². The van der Waals surface area contributed by atoms with Crippen molar-refractivity contribution in [2.75, 3.05) is 19.8 Å². The summed E-state index contributed by atoms with van der Waals surface area (Å²) in [5.74, 6) is -20.2. The van der Waals surface area contributed by atoms with E-state index in [1.54, 1.807) is 0 Å². The zero-order valence-corrected chi connectivity index (χ0v) is 14.1. The Morgan fingerprint density at radius 1 is 0.613 bits per heavy atom. The summed E-state index contributed by atoms with van der Waals surface area (Å²) >= 11 is 0. The van der Waals surface area contributed by atoms with Gasteiger partial charge in [0.25, 0.3) is 0 Å². The Morgan fingerprint density at radius 2 is 0.935 bits per heavy atom. The van der Waals surface area contributed by atoms with Gasteiger partial charge in [0.1, 0.15) is 36.1 Å². The summed E-state index contributed by atoms with van der Waals surface area (Å²) in [5.41, 5.74) is 0. The smallest absolute Gasteiger partial charge is 0.357 e. The Morgan fingerprint density at radius 3 is 1.23 bits per heavy atom. The zero-order valence-electron chi connectivity index (χ0n) is 14.1. The number of nitrogens with zero attached hydrogens (tertiary/aromatic N) is 6. The summed E-state index contributed by atoms with van der Waals surface area (Å²) < 4.78 is 49.0. The first-order chi connectivity index (χ1) is 13.8. The van der Waals surface area contributed by atoms with Crippen LogP contribution in [0.2, 0.25) is 0 Å². The molecule has 0 aromatic carbocycles. The van der Waals surface area contributed by atoms with Gasteiger partial charge in [0.2, 0.25) is 13.2 Å². The first-order valence-corrected chi connectivity index (χ1v) is 6.70. The molecule has 0 amide bonds. The fourth-order valence-corrected chi connectivity index (χ4v) is 1.45. The summed E-state index contributed by atoms with van der Waals surface area (Å²) in [6.45, 7) is -7.70. The molecule has 0 aliphatic rings. The van der Waals surface area contributed by atoms with Crippen molar-refractivity contribution in [1.29, 1.82) is 0 Å². The Balaban J connectivity index is 6.14. The van der Waals surface area contributed by atoms with Gasteiger partial charge < -0.3 is 14.6 Å². The summed E-state index contributed by atoms with van der Waals surface area (Å²) in [6.07, 6.45) is 0. The minimum atomic E-state index is -5.57. The number of hydrogen-bond acceptors (Lipinski definition) is 15. The monoisotopic (exact) mass is 472 g/mol. The van der Waals surface area contributed by atoms with E-state index in [0.29, 0.717) is 0 Å². The molecular weight excluding hydrogens is 465 g/mol. The molecule has 0 saturated carbocycles. The predicted molar refractivity (Wildman–Crippen MR) is 75.2 cm³/mol. The predicted octanol–water partition coefficient (Wildman–Crippen LogP) is -1.76. The molecular formula is C7H7F3N6O15. The Hall–Kier alpha value is -3.93. The van der Waals surface area contributed by atoms with E-state index in [1.165, 1.54) is 0 Å². The van der Waals surface area contributed by atoms with Gasteiger partial charge in [-0.15, -0.1) is 0 Å². The van der Waals surface area contributed by atoms with Gasteiger partial charge >= 0.3 is 23.5 Å². The molecule has 0 spiro atoms. The van der Waals surface area contributed by atoms with E-state index in [9.17, 15) is 79.0 Å². The molecule has 0 aliphatic heterocycles. The molecule has 0 heterocycles. The molecule has 21 nitrogen and oxygen atoms in total. The van der Waals surface area contributed by atoms with E-state index in [0.717, 1.165) is 0 Å². The van der Waals surface area contributed by atoms with Crippen LogP contribution in [0.5, 0.6) is 0 Å². The quantitative estimate of drug-likeness (QED) is 0.127. The molecule has 1 atom stereocenters. The van der Waals surface area contributed by atoms with Gasteiger partial charge in [-0.1, -0.05) is 13.2 Å². The minimum Gasteiger partial charge on any atom is -0.357 e. The van der Waals surface area contributed by atoms with E-state index in [2.05, 4.69) is 9.47 Å². The molecule has 0 bridgehead atoms. The van der Waals surface area contributed by atoms with Crippen molar-refractivity contribution in [1.82, 2.24) is 0 Å². The molecule has 24 heteroatoms. The maximum Gasteiger partial charge on any atom is 0.671 e. The number of rotatable bonds is 14. The SMILES string of the molecule is O=[N+]([O-])C(F)(COCC(O)(OCC(F)([N+](=O)[O-])[N+](=O)[O-])C(F)([N+](=O)[O-])[N+](=O)[O-])[N+](=O)[O-]. The van der Waals surface area contributed by atoms with Crippen LogP contribution in [0.3, 0.4) is 0 Å². The highest BCUT2D eigenvalue weighted by atomic mass is 19.2. The number of halogens is 3. The third-order valence-corrected chi connectivity index (χ3v) is 3.18. The van der Waals surface area contributed by atoms with Gasteiger partial charge in [0.15, 0.2) is 0 Å². The summed E-state index contributed by atoms with van der Waals surface area (Å²) in [7, 11) is 0. The molecule has 0 fully saturated rings. The van der Waals surface area contributed by atoms with E-state index < -0.39 is 72.9 Å². The van der Waals surface area contributed by atoms with Crippen molar-refractivity contribution in [2.45, 2.75) is 23.5 Å². The van der Waals surface area contributed by atoms with Gasteiger partial charge in [0, 0.05) is 0 Å². The normalized spacial score (nSPS) is 14.3. The fraction of sp³-hybridized carbons (Fsp3) is 1.00. The summed E-state index contributed by atoms with van der Waals surface area (Å²) in [5, 5.41) is 72.8. The first-order valence-electron chi connectivity index (χ1n) is 6.70. The fourth-order valence-electron chi connectivity index (χ4n) is 1.45. The second kappa shape index (κ2) is 8.83. The van der Waals surface area contributed by atoms with Crippen LogP contribution >= 0.6 is 0 Å². The third-order valence-electron chi connectivity index (χ3n) is 3.18. The van der Waals surface area contributed by atoms with Crippen molar-refractivity contribution >= 4 is 0 Å². The van der Waals surface area contributed by atoms with Gasteiger partial charge in [-0.05, 0) is 0 Å². The molecule has 0 aromatic heterocycles. The number of hydrogen-bond donors (Lipinski definition) is 1. The van der Waals surface area contributed by atoms with E-state index >= 15 is 0 Å². The van der Waals surface area contributed by atoms with Gasteiger partial charge in [-0.3, -0.25) is 60.7 Å². The highest BCUT2D eigenvalue weighted by molar-refractivity contribution is 4.78. The molecule has 0 radical (unpaired) electrons. The number of ether oxygens (including phenoxy) is 2. The summed E-state index contributed by atoms with van der Waals surface area (Å²) in [6, 6.07) is 0. The molecule has 1 N–H and O–H groups in total. The Labute approximate surface area is 162 Å². The van der Waals surface area contributed by atoms with Crippen LogP contribution in [0, 0.1) is 60.7 Å². The largest absolute Gasteiger partial charge is 0.671 e. The Kier molecular flexibility index (Phi) is 7.71. The van der Waals surface area contributed by atoms with Crippen LogP contribution in [0.1, 0.15) is 0 Å². The van der Waals surface area contributed by atoms with Crippen molar-refractivity contribution in [3.8, 4) is 0 Å². The average Bonchev–Trinajstić information content (AvgIpc) is 2.63. The standard InChI is InChI=1S/C7H7F3N6O15/c8-5(11(18)19,12(20)21)2-30-1-4(17,7(10,15(26)27)16(28)29)31-3-6(9,13(22)23)14(24)25/h17H,1-3H2. The van der Waals surface area contributed by atoms with Gasteiger partial charge in [-0.25, -0.2) is 0 Å². The molecule has 31 heavy (non-hydrogen) atoms. The molecule has 1 unspecified atom stereocenters. The lowest BCUT2D eigenvalue weighted by Crippen LogP contribution is -2.66. The lowest BCUT2D eigenvalue weighted by Gasteiger charge is -2.27. The first kappa shape index (κ1) is 27.1. The molecule has 0 aliphatic carbocycles. The van der Waals surface area contributed by atoms with Crippen LogP contribution in [0.4, 0.5) is 13.2 Å².